The van der Waals surface area contributed by atoms with Crippen LogP contribution in [0.4, 0.5) is 0 Å². The number of ketones is 1. The first-order chi connectivity index (χ1) is 11.2. The van der Waals surface area contributed by atoms with E-state index in [2.05, 4.69) is 18.7 Å². The van der Waals surface area contributed by atoms with E-state index in [1.54, 1.807) is 12.1 Å². The highest BCUT2D eigenvalue weighted by molar-refractivity contribution is 6.30. The Morgan fingerprint density at radius 2 is 1.61 bits per heavy atom. The normalized spacial score (nSPS) is 12.3. The number of halogens is 1. The molecule has 0 amide bonds. The van der Waals surface area contributed by atoms with Crippen molar-refractivity contribution in [2.45, 2.75) is 26.2 Å². The number of Topliss-reactive ketones (excluding diaryl/α,β-unsaturated/α-hetero) is 1. The summed E-state index contributed by atoms with van der Waals surface area (Å²) in [6.45, 7) is 7.25. The second-order valence-electron chi connectivity index (χ2n) is 5.65. The molecule has 0 aliphatic heterocycles. The second-order valence-corrected chi connectivity index (χ2v) is 6.09. The summed E-state index contributed by atoms with van der Waals surface area (Å²) in [5, 5.41) is 0.654. The third-order valence-electron chi connectivity index (χ3n) is 4.28. The lowest BCUT2D eigenvalue weighted by Gasteiger charge is -2.22. The Labute approximate surface area is 144 Å². The van der Waals surface area contributed by atoms with E-state index in [1.165, 1.54) is 0 Å². The fourth-order valence-corrected chi connectivity index (χ4v) is 2.93. The van der Waals surface area contributed by atoms with Crippen LogP contribution < -0.4 is 0 Å². The summed E-state index contributed by atoms with van der Waals surface area (Å²) in [4.78, 5) is 15.3. The van der Waals surface area contributed by atoms with Gasteiger partial charge in [-0.05, 0) is 55.9 Å². The van der Waals surface area contributed by atoms with Gasteiger partial charge in [0.1, 0.15) is 0 Å². The molecule has 0 aliphatic rings. The van der Waals surface area contributed by atoms with Gasteiger partial charge in [0.15, 0.2) is 5.78 Å². The maximum atomic E-state index is 13.0. The summed E-state index contributed by atoms with van der Waals surface area (Å²) in [6.07, 6.45) is 0.827. The molecule has 0 aromatic heterocycles. The molecule has 23 heavy (non-hydrogen) atoms. The zero-order chi connectivity index (χ0) is 16.7. The van der Waals surface area contributed by atoms with E-state index < -0.39 is 0 Å². The lowest BCUT2D eigenvalue weighted by atomic mass is 9.88. The summed E-state index contributed by atoms with van der Waals surface area (Å²) in [5.41, 5.74) is 1.81. The molecule has 0 unspecified atom stereocenters. The molecule has 2 nitrogen and oxygen atoms in total. The van der Waals surface area contributed by atoms with Crippen molar-refractivity contribution < 1.29 is 4.79 Å². The Kier molecular flexibility index (Phi) is 6.82. The predicted octanol–water partition coefficient (Wildman–Crippen LogP) is 5.04. The van der Waals surface area contributed by atoms with Crippen molar-refractivity contribution in [1.29, 1.82) is 0 Å². The minimum atomic E-state index is -0.113. The van der Waals surface area contributed by atoms with Gasteiger partial charge in [-0.3, -0.25) is 4.79 Å². The van der Waals surface area contributed by atoms with Crippen molar-refractivity contribution in [1.82, 2.24) is 4.90 Å². The van der Waals surface area contributed by atoms with Crippen LogP contribution in [-0.2, 0) is 0 Å². The highest BCUT2D eigenvalue weighted by Crippen LogP contribution is 2.25. The zero-order valence-electron chi connectivity index (χ0n) is 13.8. The fourth-order valence-electron chi connectivity index (χ4n) is 2.80. The maximum absolute atomic E-state index is 13.0. The summed E-state index contributed by atoms with van der Waals surface area (Å²) >= 11 is 5.94. The molecule has 1 atom stereocenters. The minimum absolute atomic E-state index is 0.113. The smallest absolute Gasteiger partial charge is 0.170 e. The number of hydrogen-bond acceptors (Lipinski definition) is 2. The van der Waals surface area contributed by atoms with Crippen LogP contribution in [-0.4, -0.2) is 30.3 Å². The highest BCUT2D eigenvalue weighted by Gasteiger charge is 2.22. The van der Waals surface area contributed by atoms with Crippen molar-refractivity contribution in [3.63, 3.8) is 0 Å². The third-order valence-corrected chi connectivity index (χ3v) is 4.53. The number of hydrogen-bond donors (Lipinski definition) is 0. The quantitative estimate of drug-likeness (QED) is 0.632. The first-order valence-electron chi connectivity index (χ1n) is 8.22. The molecule has 0 spiro atoms. The predicted molar refractivity (Wildman–Crippen MR) is 97.4 cm³/mol. The van der Waals surface area contributed by atoms with Crippen molar-refractivity contribution >= 4 is 17.4 Å². The lowest BCUT2D eigenvalue weighted by Crippen LogP contribution is -2.27. The Hall–Kier alpha value is -1.64. The van der Waals surface area contributed by atoms with Gasteiger partial charge in [-0.1, -0.05) is 55.8 Å². The molecule has 0 fully saturated rings. The SMILES string of the molecule is CCN(CC)CC[C@H](C(=O)c1ccc(Cl)cc1)c1ccccc1. The van der Waals surface area contributed by atoms with Crippen LogP contribution in [0.2, 0.25) is 5.02 Å². The molecule has 0 saturated heterocycles. The number of benzene rings is 2. The molecule has 122 valence electrons. The Morgan fingerprint density at radius 1 is 1.00 bits per heavy atom. The average molecular weight is 330 g/mol. The van der Waals surface area contributed by atoms with E-state index in [1.807, 2.05) is 42.5 Å². The van der Waals surface area contributed by atoms with Crippen molar-refractivity contribution in [2.24, 2.45) is 0 Å². The van der Waals surface area contributed by atoms with Crippen LogP contribution >= 0.6 is 11.6 Å². The van der Waals surface area contributed by atoms with E-state index in [4.69, 9.17) is 11.6 Å². The summed E-state index contributed by atoms with van der Waals surface area (Å²) in [7, 11) is 0. The van der Waals surface area contributed by atoms with E-state index >= 15 is 0 Å². The van der Waals surface area contributed by atoms with Crippen LogP contribution in [0.15, 0.2) is 54.6 Å². The summed E-state index contributed by atoms with van der Waals surface area (Å²) in [5.74, 6) is 0.0537. The monoisotopic (exact) mass is 329 g/mol. The molecule has 0 heterocycles. The molecule has 0 aliphatic carbocycles. The first-order valence-corrected chi connectivity index (χ1v) is 8.60. The van der Waals surface area contributed by atoms with Crippen LogP contribution in [0.3, 0.4) is 0 Å². The average Bonchev–Trinajstić information content (AvgIpc) is 2.60. The van der Waals surface area contributed by atoms with Gasteiger partial charge in [-0.25, -0.2) is 0 Å². The Morgan fingerprint density at radius 3 is 2.17 bits per heavy atom. The van der Waals surface area contributed by atoms with Crippen molar-refractivity contribution in [3.05, 3.63) is 70.7 Å². The molecule has 0 N–H and O–H groups in total. The van der Waals surface area contributed by atoms with Gasteiger partial charge >= 0.3 is 0 Å². The van der Waals surface area contributed by atoms with E-state index in [0.717, 1.165) is 37.2 Å². The highest BCUT2D eigenvalue weighted by atomic mass is 35.5. The van der Waals surface area contributed by atoms with Crippen LogP contribution in [0.5, 0.6) is 0 Å². The van der Waals surface area contributed by atoms with E-state index in [9.17, 15) is 4.79 Å². The number of rotatable bonds is 8. The molecule has 0 radical (unpaired) electrons. The largest absolute Gasteiger partial charge is 0.304 e. The lowest BCUT2D eigenvalue weighted by molar-refractivity contribution is 0.0948. The van der Waals surface area contributed by atoms with Crippen molar-refractivity contribution in [3.8, 4) is 0 Å². The molecule has 3 heteroatoms. The molecule has 2 aromatic rings. The first kappa shape index (κ1) is 17.7. The third kappa shape index (κ3) is 4.92. The van der Waals surface area contributed by atoms with Gasteiger partial charge in [0.05, 0.1) is 0 Å². The standard InChI is InChI=1S/C20H24ClNO/c1-3-22(4-2)15-14-19(16-8-6-5-7-9-16)20(23)17-10-12-18(21)13-11-17/h5-13,19H,3-4,14-15H2,1-2H3/t19-/m0/s1. The molecule has 2 rings (SSSR count). The minimum Gasteiger partial charge on any atom is -0.304 e. The van der Waals surface area contributed by atoms with Gasteiger partial charge in [0, 0.05) is 16.5 Å². The Balaban J connectivity index is 2.22. The summed E-state index contributed by atoms with van der Waals surface area (Å²) < 4.78 is 0. The van der Waals surface area contributed by atoms with E-state index in [0.29, 0.717) is 5.02 Å². The number of nitrogens with zero attached hydrogens (tertiary/aromatic N) is 1. The summed E-state index contributed by atoms with van der Waals surface area (Å²) in [6, 6.07) is 17.3. The second kappa shape index (κ2) is 8.85. The molecule has 2 aromatic carbocycles. The van der Waals surface area contributed by atoms with Gasteiger partial charge in [0.2, 0.25) is 0 Å². The maximum Gasteiger partial charge on any atom is 0.170 e. The van der Waals surface area contributed by atoms with Gasteiger partial charge < -0.3 is 4.90 Å². The van der Waals surface area contributed by atoms with Gasteiger partial charge in [-0.2, -0.15) is 0 Å². The fraction of sp³-hybridized carbons (Fsp3) is 0.350. The molecule has 0 saturated carbocycles. The van der Waals surface area contributed by atoms with Gasteiger partial charge in [-0.15, -0.1) is 0 Å². The van der Waals surface area contributed by atoms with E-state index in [-0.39, 0.29) is 11.7 Å². The number of carbonyl (C=O) groups is 1. The Bertz CT molecular complexity index is 605. The molecule has 0 bridgehead atoms. The molecular formula is C20H24ClNO. The van der Waals surface area contributed by atoms with Crippen LogP contribution in [0.1, 0.15) is 42.1 Å². The van der Waals surface area contributed by atoms with Crippen molar-refractivity contribution in [2.75, 3.05) is 19.6 Å². The topological polar surface area (TPSA) is 20.3 Å². The molecular weight excluding hydrogens is 306 g/mol. The zero-order valence-corrected chi connectivity index (χ0v) is 14.6. The van der Waals surface area contributed by atoms with Gasteiger partial charge in [0.25, 0.3) is 0 Å². The van der Waals surface area contributed by atoms with Crippen LogP contribution in [0.25, 0.3) is 0 Å². The van der Waals surface area contributed by atoms with Crippen LogP contribution in [0, 0.1) is 0 Å². The number of carbonyl (C=O) groups excluding carboxylic acids is 1.